The minimum atomic E-state index is -0.230. The first-order valence-corrected chi connectivity index (χ1v) is 4.82. The summed E-state index contributed by atoms with van der Waals surface area (Å²) >= 11 is 0. The molecule has 0 heterocycles. The number of nitrogens with one attached hydrogen (secondary N) is 1. The SMILES string of the molecule is NC(=O)CCCNCc1ccccc1.[Cl-].[H+]. The highest BCUT2D eigenvalue weighted by molar-refractivity contribution is 5.73. The summed E-state index contributed by atoms with van der Waals surface area (Å²) in [5, 5.41) is 3.25. The van der Waals surface area contributed by atoms with Crippen LogP contribution >= 0.6 is 0 Å². The number of halogens is 1. The average Bonchev–Trinajstić information content (AvgIpc) is 2.18. The summed E-state index contributed by atoms with van der Waals surface area (Å²) in [5.74, 6) is -0.230. The van der Waals surface area contributed by atoms with E-state index in [1.807, 2.05) is 18.2 Å². The molecule has 3 nitrogen and oxygen atoms in total. The van der Waals surface area contributed by atoms with Crippen molar-refractivity contribution in [1.82, 2.24) is 5.32 Å². The number of carbonyl (C=O) groups is 1. The molecule has 1 amide bonds. The Morgan fingerprint density at radius 3 is 2.60 bits per heavy atom. The van der Waals surface area contributed by atoms with Crippen molar-refractivity contribution in [2.75, 3.05) is 6.54 Å². The monoisotopic (exact) mass is 228 g/mol. The standard InChI is InChI=1S/C11H16N2O.ClH/c12-11(14)7-4-8-13-9-10-5-2-1-3-6-10;/h1-3,5-6,13H,4,7-9H2,(H2,12,14);1H. The molecule has 15 heavy (non-hydrogen) atoms. The Labute approximate surface area is 97.9 Å². The molecule has 1 aromatic rings. The predicted molar refractivity (Wildman–Crippen MR) is 57.7 cm³/mol. The zero-order valence-electron chi connectivity index (χ0n) is 9.58. The molecule has 0 saturated carbocycles. The van der Waals surface area contributed by atoms with E-state index in [2.05, 4.69) is 17.4 Å². The van der Waals surface area contributed by atoms with Gasteiger partial charge < -0.3 is 23.5 Å². The molecule has 0 aliphatic heterocycles. The minimum absolute atomic E-state index is 0. The molecule has 0 spiro atoms. The zero-order valence-corrected chi connectivity index (χ0v) is 9.33. The van der Waals surface area contributed by atoms with Crippen LogP contribution in [0.1, 0.15) is 19.8 Å². The molecule has 0 bridgehead atoms. The molecule has 4 heteroatoms. The topological polar surface area (TPSA) is 55.1 Å². The van der Waals surface area contributed by atoms with Gasteiger partial charge in [-0.25, -0.2) is 0 Å². The Morgan fingerprint density at radius 1 is 1.33 bits per heavy atom. The Balaban J connectivity index is 0. The number of rotatable bonds is 6. The van der Waals surface area contributed by atoms with E-state index >= 15 is 0 Å². The lowest BCUT2D eigenvalue weighted by molar-refractivity contribution is -0.118. The zero-order chi connectivity index (χ0) is 10.2. The number of carbonyl (C=O) groups excluding carboxylic acids is 1. The summed E-state index contributed by atoms with van der Waals surface area (Å²) in [4.78, 5) is 10.4. The van der Waals surface area contributed by atoms with Crippen LogP contribution in [0.3, 0.4) is 0 Å². The van der Waals surface area contributed by atoms with Crippen molar-refractivity contribution in [2.24, 2.45) is 5.73 Å². The molecule has 0 atom stereocenters. The number of amides is 1. The lowest BCUT2D eigenvalue weighted by Crippen LogP contribution is -3.00. The Morgan fingerprint density at radius 2 is 2.00 bits per heavy atom. The van der Waals surface area contributed by atoms with Crippen LogP contribution in [0.25, 0.3) is 0 Å². The number of hydrogen-bond donors (Lipinski definition) is 2. The van der Waals surface area contributed by atoms with Crippen molar-refractivity contribution in [3.8, 4) is 0 Å². The van der Waals surface area contributed by atoms with Crippen LogP contribution in [0.5, 0.6) is 0 Å². The van der Waals surface area contributed by atoms with E-state index in [9.17, 15) is 4.79 Å². The van der Waals surface area contributed by atoms with Crippen molar-refractivity contribution < 1.29 is 18.6 Å². The van der Waals surface area contributed by atoms with Gasteiger partial charge in [-0.3, -0.25) is 4.79 Å². The number of nitrogens with two attached hydrogens (primary N) is 1. The number of benzene rings is 1. The van der Waals surface area contributed by atoms with Crippen LogP contribution in [-0.2, 0) is 11.3 Å². The Bertz CT molecular complexity index is 283. The Kier molecular flexibility index (Phi) is 7.68. The van der Waals surface area contributed by atoms with E-state index in [0.29, 0.717) is 6.42 Å². The van der Waals surface area contributed by atoms with E-state index in [4.69, 9.17) is 5.73 Å². The fourth-order valence-electron chi connectivity index (χ4n) is 1.22. The summed E-state index contributed by atoms with van der Waals surface area (Å²) in [5.41, 5.74) is 6.28. The molecule has 0 aliphatic rings. The molecule has 0 radical (unpaired) electrons. The summed E-state index contributed by atoms with van der Waals surface area (Å²) in [7, 11) is 0. The second-order valence-electron chi connectivity index (χ2n) is 3.23. The fourth-order valence-corrected chi connectivity index (χ4v) is 1.22. The van der Waals surface area contributed by atoms with Gasteiger partial charge in [0.2, 0.25) is 5.91 Å². The second kappa shape index (κ2) is 8.26. The van der Waals surface area contributed by atoms with Gasteiger partial charge in [0.05, 0.1) is 0 Å². The van der Waals surface area contributed by atoms with Gasteiger partial charge in [-0.05, 0) is 18.5 Å². The van der Waals surface area contributed by atoms with Crippen LogP contribution in [-0.4, -0.2) is 12.5 Å². The molecular formula is C11H17ClN2O. The first-order valence-electron chi connectivity index (χ1n) is 4.82. The van der Waals surface area contributed by atoms with Gasteiger partial charge >= 0.3 is 1.43 Å². The van der Waals surface area contributed by atoms with Crippen molar-refractivity contribution in [3.05, 3.63) is 35.9 Å². The van der Waals surface area contributed by atoms with Crippen LogP contribution in [0.4, 0.5) is 0 Å². The second-order valence-corrected chi connectivity index (χ2v) is 3.23. The van der Waals surface area contributed by atoms with E-state index in [-0.39, 0.29) is 19.7 Å². The maximum Gasteiger partial charge on any atom is 1.00 e. The van der Waals surface area contributed by atoms with Gasteiger partial charge in [-0.2, -0.15) is 0 Å². The molecule has 0 aliphatic carbocycles. The highest BCUT2D eigenvalue weighted by atomic mass is 35.5. The quantitative estimate of drug-likeness (QED) is 0.563. The highest BCUT2D eigenvalue weighted by Crippen LogP contribution is 1.97. The van der Waals surface area contributed by atoms with Crippen LogP contribution in [0.2, 0.25) is 0 Å². The molecule has 0 fully saturated rings. The Hall–Kier alpha value is -1.06. The summed E-state index contributed by atoms with van der Waals surface area (Å²) in [6.45, 7) is 1.68. The molecule has 0 aromatic heterocycles. The van der Waals surface area contributed by atoms with Crippen molar-refractivity contribution in [3.63, 3.8) is 0 Å². The maximum atomic E-state index is 10.4. The van der Waals surface area contributed by atoms with Crippen molar-refractivity contribution in [1.29, 1.82) is 0 Å². The molecule has 0 saturated heterocycles. The fraction of sp³-hybridized carbons (Fsp3) is 0.364. The summed E-state index contributed by atoms with van der Waals surface area (Å²) in [6.07, 6.45) is 1.27. The van der Waals surface area contributed by atoms with Gasteiger partial charge in [0.25, 0.3) is 0 Å². The molecule has 0 unspecified atom stereocenters. The molecule has 1 rings (SSSR count). The molecular weight excluding hydrogens is 212 g/mol. The third kappa shape index (κ3) is 6.94. The normalized spacial score (nSPS) is 9.33. The lowest BCUT2D eigenvalue weighted by Gasteiger charge is -2.03. The lowest BCUT2D eigenvalue weighted by atomic mass is 10.2. The van der Waals surface area contributed by atoms with E-state index in [1.165, 1.54) is 5.56 Å². The number of primary amides is 1. The number of hydrogen-bond acceptors (Lipinski definition) is 2. The van der Waals surface area contributed by atoms with E-state index < -0.39 is 0 Å². The van der Waals surface area contributed by atoms with Gasteiger partial charge in [-0.15, -0.1) is 0 Å². The van der Waals surface area contributed by atoms with E-state index in [1.54, 1.807) is 0 Å². The van der Waals surface area contributed by atoms with Gasteiger partial charge in [-0.1, -0.05) is 30.3 Å². The maximum absolute atomic E-state index is 10.4. The average molecular weight is 229 g/mol. The van der Waals surface area contributed by atoms with Gasteiger partial charge in [0.15, 0.2) is 0 Å². The molecule has 3 N–H and O–H groups in total. The van der Waals surface area contributed by atoms with Gasteiger partial charge in [0.1, 0.15) is 0 Å². The first-order chi connectivity index (χ1) is 6.79. The summed E-state index contributed by atoms with van der Waals surface area (Å²) < 4.78 is 0. The van der Waals surface area contributed by atoms with Crippen LogP contribution in [0, 0.1) is 0 Å². The third-order valence-electron chi connectivity index (χ3n) is 1.95. The first kappa shape index (κ1) is 13.9. The largest absolute Gasteiger partial charge is 1.00 e. The molecule has 1 aromatic carbocycles. The predicted octanol–water partition coefficient (Wildman–Crippen LogP) is -1.84. The smallest absolute Gasteiger partial charge is 1.00 e. The van der Waals surface area contributed by atoms with Crippen molar-refractivity contribution in [2.45, 2.75) is 19.4 Å². The highest BCUT2D eigenvalue weighted by Gasteiger charge is 1.94. The van der Waals surface area contributed by atoms with E-state index in [0.717, 1.165) is 19.5 Å². The van der Waals surface area contributed by atoms with Crippen molar-refractivity contribution >= 4 is 5.91 Å². The molecule has 84 valence electrons. The summed E-state index contributed by atoms with van der Waals surface area (Å²) in [6, 6.07) is 10.2. The van der Waals surface area contributed by atoms with Crippen LogP contribution < -0.4 is 23.5 Å². The minimum Gasteiger partial charge on any atom is -1.00 e. The third-order valence-corrected chi connectivity index (χ3v) is 1.95. The van der Waals surface area contributed by atoms with Crippen LogP contribution in [0.15, 0.2) is 30.3 Å². The van der Waals surface area contributed by atoms with Gasteiger partial charge in [0, 0.05) is 13.0 Å².